The first kappa shape index (κ1) is 12.3. The van der Waals surface area contributed by atoms with Crippen LogP contribution in [0.1, 0.15) is 45.2 Å². The number of rotatable bonds is 2. The standard InChI is InChI=1S/C13H20FN3/c1-9-11(14)12(16-8-15-9)17-10-4-6-13(2,3)7-5-10/h8,10H,4-7H2,1-3H3,(H,15,16,17). The minimum absolute atomic E-state index is 0.322. The van der Waals surface area contributed by atoms with Crippen LogP contribution in [-0.2, 0) is 0 Å². The molecule has 3 nitrogen and oxygen atoms in total. The Morgan fingerprint density at radius 3 is 2.59 bits per heavy atom. The molecule has 1 aromatic heterocycles. The summed E-state index contributed by atoms with van der Waals surface area (Å²) in [6, 6.07) is 0.340. The molecule has 1 aliphatic rings. The summed E-state index contributed by atoms with van der Waals surface area (Å²) in [5.74, 6) is 0.0274. The molecule has 1 aromatic rings. The highest BCUT2D eigenvalue weighted by Gasteiger charge is 2.27. The topological polar surface area (TPSA) is 37.8 Å². The van der Waals surface area contributed by atoms with E-state index in [0.29, 0.717) is 23.0 Å². The van der Waals surface area contributed by atoms with Crippen molar-refractivity contribution >= 4 is 5.82 Å². The number of aromatic nitrogens is 2. The van der Waals surface area contributed by atoms with E-state index in [1.165, 1.54) is 19.2 Å². The van der Waals surface area contributed by atoms with Crippen LogP contribution < -0.4 is 5.32 Å². The second-order valence-electron chi connectivity index (χ2n) is 5.70. The number of nitrogens with zero attached hydrogens (tertiary/aromatic N) is 2. The number of aryl methyl sites for hydroxylation is 1. The molecule has 0 amide bonds. The van der Waals surface area contributed by atoms with E-state index in [1.54, 1.807) is 6.92 Å². The zero-order chi connectivity index (χ0) is 12.5. The van der Waals surface area contributed by atoms with E-state index in [2.05, 4.69) is 29.1 Å². The molecule has 0 saturated heterocycles. The summed E-state index contributed by atoms with van der Waals surface area (Å²) >= 11 is 0. The molecule has 1 heterocycles. The Balaban J connectivity index is 2.00. The van der Waals surface area contributed by atoms with Gasteiger partial charge in [-0.05, 0) is 38.0 Å². The highest BCUT2D eigenvalue weighted by atomic mass is 19.1. The summed E-state index contributed by atoms with van der Waals surface area (Å²) in [4.78, 5) is 7.80. The minimum Gasteiger partial charge on any atom is -0.365 e. The van der Waals surface area contributed by atoms with E-state index in [1.807, 2.05) is 0 Å². The summed E-state index contributed by atoms with van der Waals surface area (Å²) in [5.41, 5.74) is 0.830. The lowest BCUT2D eigenvalue weighted by Crippen LogP contribution is -2.30. The summed E-state index contributed by atoms with van der Waals surface area (Å²) in [5, 5.41) is 3.20. The maximum absolute atomic E-state index is 13.7. The smallest absolute Gasteiger partial charge is 0.186 e. The van der Waals surface area contributed by atoms with Gasteiger partial charge in [-0.3, -0.25) is 0 Å². The van der Waals surface area contributed by atoms with Crippen LogP contribution in [0, 0.1) is 18.2 Å². The third-order valence-corrected chi connectivity index (χ3v) is 3.64. The van der Waals surface area contributed by atoms with Gasteiger partial charge in [-0.1, -0.05) is 13.8 Å². The average molecular weight is 237 g/mol. The summed E-state index contributed by atoms with van der Waals surface area (Å²) in [7, 11) is 0. The van der Waals surface area contributed by atoms with Crippen molar-refractivity contribution in [2.45, 2.75) is 52.5 Å². The SMILES string of the molecule is Cc1ncnc(NC2CCC(C)(C)CC2)c1F. The second-order valence-corrected chi connectivity index (χ2v) is 5.70. The summed E-state index contributed by atoms with van der Waals surface area (Å²) in [6.07, 6.45) is 5.92. The maximum atomic E-state index is 13.7. The van der Waals surface area contributed by atoms with E-state index in [-0.39, 0.29) is 5.82 Å². The van der Waals surface area contributed by atoms with Gasteiger partial charge in [0.05, 0.1) is 5.69 Å². The molecular weight excluding hydrogens is 217 g/mol. The molecule has 0 atom stereocenters. The molecule has 1 fully saturated rings. The van der Waals surface area contributed by atoms with Crippen LogP contribution in [0.25, 0.3) is 0 Å². The third-order valence-electron chi connectivity index (χ3n) is 3.64. The number of nitrogens with one attached hydrogen (secondary N) is 1. The highest BCUT2D eigenvalue weighted by Crippen LogP contribution is 2.36. The summed E-state index contributed by atoms with van der Waals surface area (Å²) < 4.78 is 13.7. The lowest BCUT2D eigenvalue weighted by atomic mass is 9.75. The van der Waals surface area contributed by atoms with Gasteiger partial charge in [-0.25, -0.2) is 14.4 Å². The molecule has 0 bridgehead atoms. The van der Waals surface area contributed by atoms with Gasteiger partial charge >= 0.3 is 0 Å². The fourth-order valence-electron chi connectivity index (χ4n) is 2.30. The van der Waals surface area contributed by atoms with Crippen LogP contribution in [0.3, 0.4) is 0 Å². The van der Waals surface area contributed by atoms with Crippen LogP contribution >= 0.6 is 0 Å². The first-order valence-corrected chi connectivity index (χ1v) is 6.21. The Morgan fingerprint density at radius 2 is 1.94 bits per heavy atom. The molecular formula is C13H20FN3. The minimum atomic E-state index is -0.322. The molecule has 0 spiro atoms. The van der Waals surface area contributed by atoms with Crippen LogP contribution in [0.4, 0.5) is 10.2 Å². The normalized spacial score (nSPS) is 20.2. The van der Waals surface area contributed by atoms with Gasteiger partial charge in [-0.15, -0.1) is 0 Å². The first-order chi connectivity index (χ1) is 7.98. The Hall–Kier alpha value is -1.19. The molecule has 4 heteroatoms. The zero-order valence-electron chi connectivity index (χ0n) is 10.8. The van der Waals surface area contributed by atoms with Crippen molar-refractivity contribution in [3.63, 3.8) is 0 Å². The van der Waals surface area contributed by atoms with Crippen molar-refractivity contribution in [1.29, 1.82) is 0 Å². The third kappa shape index (κ3) is 2.93. The van der Waals surface area contributed by atoms with Crippen LogP contribution in [0.5, 0.6) is 0 Å². The zero-order valence-corrected chi connectivity index (χ0v) is 10.8. The van der Waals surface area contributed by atoms with E-state index in [9.17, 15) is 4.39 Å². The lowest BCUT2D eigenvalue weighted by molar-refractivity contribution is 0.232. The highest BCUT2D eigenvalue weighted by molar-refractivity contribution is 5.38. The van der Waals surface area contributed by atoms with Gasteiger partial charge in [0.25, 0.3) is 0 Å². The fourth-order valence-corrected chi connectivity index (χ4v) is 2.30. The molecule has 94 valence electrons. The van der Waals surface area contributed by atoms with Gasteiger partial charge < -0.3 is 5.32 Å². The second kappa shape index (κ2) is 4.59. The molecule has 0 unspecified atom stereocenters. The monoisotopic (exact) mass is 237 g/mol. The number of anilines is 1. The first-order valence-electron chi connectivity index (χ1n) is 6.21. The molecule has 0 aliphatic heterocycles. The van der Waals surface area contributed by atoms with Crippen molar-refractivity contribution < 1.29 is 4.39 Å². The van der Waals surface area contributed by atoms with Gasteiger partial charge in [-0.2, -0.15) is 0 Å². The lowest BCUT2D eigenvalue weighted by Gasteiger charge is -2.34. The molecule has 1 N–H and O–H groups in total. The van der Waals surface area contributed by atoms with Crippen molar-refractivity contribution in [2.75, 3.05) is 5.32 Å². The predicted octanol–water partition coefficient (Wildman–Crippen LogP) is 3.30. The van der Waals surface area contributed by atoms with Crippen LogP contribution in [0.2, 0.25) is 0 Å². The molecule has 1 aliphatic carbocycles. The number of halogens is 1. The predicted molar refractivity (Wildman–Crippen MR) is 66.4 cm³/mol. The quantitative estimate of drug-likeness (QED) is 0.857. The Morgan fingerprint density at radius 1 is 1.29 bits per heavy atom. The van der Waals surface area contributed by atoms with Crippen molar-refractivity contribution in [3.05, 3.63) is 17.8 Å². The van der Waals surface area contributed by atoms with Gasteiger partial charge in [0.1, 0.15) is 6.33 Å². The van der Waals surface area contributed by atoms with Crippen molar-refractivity contribution in [2.24, 2.45) is 5.41 Å². The maximum Gasteiger partial charge on any atom is 0.186 e. The van der Waals surface area contributed by atoms with Crippen LogP contribution in [0.15, 0.2) is 6.33 Å². The molecule has 2 rings (SSSR count). The van der Waals surface area contributed by atoms with E-state index < -0.39 is 0 Å². The Bertz CT molecular complexity index is 394. The molecule has 0 radical (unpaired) electrons. The van der Waals surface area contributed by atoms with E-state index in [4.69, 9.17) is 0 Å². The Labute approximate surface area is 102 Å². The molecule has 17 heavy (non-hydrogen) atoms. The molecule has 0 aromatic carbocycles. The van der Waals surface area contributed by atoms with Gasteiger partial charge in [0, 0.05) is 6.04 Å². The molecule has 1 saturated carbocycles. The largest absolute Gasteiger partial charge is 0.365 e. The number of hydrogen-bond acceptors (Lipinski definition) is 3. The van der Waals surface area contributed by atoms with Gasteiger partial charge in [0.15, 0.2) is 11.6 Å². The number of hydrogen-bond donors (Lipinski definition) is 1. The van der Waals surface area contributed by atoms with Crippen molar-refractivity contribution in [1.82, 2.24) is 9.97 Å². The Kier molecular flexibility index (Phi) is 3.31. The fraction of sp³-hybridized carbons (Fsp3) is 0.692. The van der Waals surface area contributed by atoms with Gasteiger partial charge in [0.2, 0.25) is 0 Å². The summed E-state index contributed by atoms with van der Waals surface area (Å²) in [6.45, 7) is 6.24. The average Bonchev–Trinajstić information content (AvgIpc) is 2.27. The van der Waals surface area contributed by atoms with Crippen LogP contribution in [-0.4, -0.2) is 16.0 Å². The van der Waals surface area contributed by atoms with Crippen molar-refractivity contribution in [3.8, 4) is 0 Å². The van der Waals surface area contributed by atoms with E-state index >= 15 is 0 Å². The van der Waals surface area contributed by atoms with E-state index in [0.717, 1.165) is 12.8 Å².